The third kappa shape index (κ3) is 5.29. The van der Waals surface area contributed by atoms with Crippen LogP contribution in [0.1, 0.15) is 10.4 Å². The smallest absolute Gasteiger partial charge is 0.259 e. The first-order valence-corrected chi connectivity index (χ1v) is 6.66. The van der Waals surface area contributed by atoms with Crippen molar-refractivity contribution in [3.63, 3.8) is 0 Å². The molecular weight excluding hydrogens is 302 g/mol. The van der Waals surface area contributed by atoms with Gasteiger partial charge in [-0.2, -0.15) is 4.99 Å². The van der Waals surface area contributed by atoms with Gasteiger partial charge in [0.05, 0.1) is 16.3 Å². The molecule has 6 N–H and O–H groups in total. The van der Waals surface area contributed by atoms with Gasteiger partial charge in [0.1, 0.15) is 0 Å². The molecule has 0 saturated carbocycles. The van der Waals surface area contributed by atoms with Crippen LogP contribution in [0.25, 0.3) is 0 Å². The minimum Gasteiger partial charge on any atom is -0.370 e. The molecule has 106 valence electrons. The van der Waals surface area contributed by atoms with Gasteiger partial charge in [0.25, 0.3) is 5.91 Å². The molecule has 1 aromatic rings. The Hall–Kier alpha value is -2.06. The number of benzene rings is 1. The average Bonchev–Trinajstić information content (AvgIpc) is 2.36. The Bertz CT molecular complexity index is 572. The van der Waals surface area contributed by atoms with E-state index in [9.17, 15) is 9.59 Å². The maximum atomic E-state index is 11.8. The predicted octanol–water partition coefficient (Wildman–Crippen LogP) is 0.538. The van der Waals surface area contributed by atoms with Crippen molar-refractivity contribution in [3.8, 4) is 0 Å². The molecular formula is C11H12ClN5O2S. The minimum absolute atomic E-state index is 0.161. The summed E-state index contributed by atoms with van der Waals surface area (Å²) < 4.78 is 0. The zero-order chi connectivity index (χ0) is 15.1. The Morgan fingerprint density at radius 1 is 1.35 bits per heavy atom. The molecule has 0 aliphatic carbocycles. The SMILES string of the molecule is N=C(N=C(N)N)SCC(=O)NC(=O)c1ccccc1Cl. The Balaban J connectivity index is 2.51. The normalized spacial score (nSPS) is 9.65. The van der Waals surface area contributed by atoms with Crippen LogP contribution in [0.5, 0.6) is 0 Å². The lowest BCUT2D eigenvalue weighted by atomic mass is 10.2. The lowest BCUT2D eigenvalue weighted by molar-refractivity contribution is -0.117. The van der Waals surface area contributed by atoms with E-state index in [1.807, 2.05) is 0 Å². The highest BCUT2D eigenvalue weighted by atomic mass is 35.5. The lowest BCUT2D eigenvalue weighted by Crippen LogP contribution is -2.32. The van der Waals surface area contributed by atoms with Crippen LogP contribution in [0.4, 0.5) is 0 Å². The summed E-state index contributed by atoms with van der Waals surface area (Å²) in [6, 6.07) is 6.35. The molecule has 0 aromatic heterocycles. The topological polar surface area (TPSA) is 134 Å². The number of carbonyl (C=O) groups is 2. The summed E-state index contributed by atoms with van der Waals surface area (Å²) in [7, 11) is 0. The van der Waals surface area contributed by atoms with Crippen molar-refractivity contribution in [1.82, 2.24) is 5.32 Å². The molecule has 2 amide bonds. The highest BCUT2D eigenvalue weighted by Gasteiger charge is 2.13. The maximum Gasteiger partial charge on any atom is 0.259 e. The number of aliphatic imine (C=N–C) groups is 1. The highest BCUT2D eigenvalue weighted by molar-refractivity contribution is 8.14. The zero-order valence-electron chi connectivity index (χ0n) is 10.2. The van der Waals surface area contributed by atoms with Crippen LogP contribution in [0.2, 0.25) is 5.02 Å². The molecule has 1 rings (SSSR count). The van der Waals surface area contributed by atoms with Crippen LogP contribution in [0.15, 0.2) is 29.3 Å². The van der Waals surface area contributed by atoms with Gasteiger partial charge in [-0.25, -0.2) is 0 Å². The highest BCUT2D eigenvalue weighted by Crippen LogP contribution is 2.14. The van der Waals surface area contributed by atoms with E-state index < -0.39 is 11.8 Å². The molecule has 0 atom stereocenters. The van der Waals surface area contributed by atoms with E-state index in [1.165, 1.54) is 6.07 Å². The van der Waals surface area contributed by atoms with Crippen molar-refractivity contribution in [1.29, 1.82) is 5.41 Å². The van der Waals surface area contributed by atoms with Gasteiger partial charge in [-0.15, -0.1) is 0 Å². The molecule has 0 heterocycles. The van der Waals surface area contributed by atoms with Gasteiger partial charge >= 0.3 is 0 Å². The minimum atomic E-state index is -0.602. The summed E-state index contributed by atoms with van der Waals surface area (Å²) in [6.07, 6.45) is 0. The number of guanidine groups is 1. The van der Waals surface area contributed by atoms with Crippen molar-refractivity contribution >= 4 is 46.3 Å². The van der Waals surface area contributed by atoms with Crippen LogP contribution in [0, 0.1) is 5.41 Å². The third-order valence-corrected chi connectivity index (χ3v) is 3.04. The van der Waals surface area contributed by atoms with Crippen LogP contribution < -0.4 is 16.8 Å². The first-order valence-electron chi connectivity index (χ1n) is 5.30. The quantitative estimate of drug-likeness (QED) is 0.477. The summed E-state index contributed by atoms with van der Waals surface area (Å²) >= 11 is 6.62. The van der Waals surface area contributed by atoms with Crippen molar-refractivity contribution < 1.29 is 9.59 Å². The summed E-state index contributed by atoms with van der Waals surface area (Å²) in [4.78, 5) is 26.7. The monoisotopic (exact) mass is 313 g/mol. The van der Waals surface area contributed by atoms with Crippen LogP contribution >= 0.6 is 23.4 Å². The van der Waals surface area contributed by atoms with Crippen LogP contribution in [-0.2, 0) is 4.79 Å². The summed E-state index contributed by atoms with van der Waals surface area (Å²) in [5.41, 5.74) is 10.4. The predicted molar refractivity (Wildman–Crippen MR) is 79.9 cm³/mol. The maximum absolute atomic E-state index is 11.8. The molecule has 0 aliphatic heterocycles. The average molecular weight is 314 g/mol. The van der Waals surface area contributed by atoms with Crippen LogP contribution in [-0.4, -0.2) is 28.7 Å². The standard InChI is InChI=1S/C11H12ClN5O2S/c12-7-4-2-1-3-6(7)9(19)16-8(18)5-20-11(15)17-10(13)14/h1-4H,5H2,(H,16,18,19)(H5,13,14,15,17). The van der Waals surface area contributed by atoms with Crippen molar-refractivity contribution in [2.24, 2.45) is 16.5 Å². The molecule has 0 spiro atoms. The number of rotatable bonds is 3. The van der Waals surface area contributed by atoms with Crippen LogP contribution in [0.3, 0.4) is 0 Å². The van der Waals surface area contributed by atoms with Crippen molar-refractivity contribution in [2.75, 3.05) is 5.75 Å². The molecule has 0 bridgehead atoms. The van der Waals surface area contributed by atoms with E-state index >= 15 is 0 Å². The van der Waals surface area contributed by atoms with E-state index in [4.69, 9.17) is 28.5 Å². The number of halogens is 1. The summed E-state index contributed by atoms with van der Waals surface area (Å²) in [5.74, 6) is -1.61. The van der Waals surface area contributed by atoms with E-state index in [0.29, 0.717) is 0 Å². The molecule has 1 aromatic carbocycles. The second-order valence-electron chi connectivity index (χ2n) is 3.49. The molecule has 0 radical (unpaired) electrons. The van der Waals surface area contributed by atoms with Gasteiger partial charge in [-0.1, -0.05) is 35.5 Å². The van der Waals surface area contributed by atoms with Crippen molar-refractivity contribution in [2.45, 2.75) is 0 Å². The Labute approximate surface area is 124 Å². The van der Waals surface area contributed by atoms with Gasteiger partial charge in [-0.05, 0) is 12.1 Å². The van der Waals surface area contributed by atoms with Gasteiger partial charge in [0.15, 0.2) is 11.1 Å². The van der Waals surface area contributed by atoms with E-state index in [0.717, 1.165) is 11.8 Å². The van der Waals surface area contributed by atoms with E-state index in [-0.39, 0.29) is 27.5 Å². The number of nitrogens with two attached hydrogens (primary N) is 2. The number of thioether (sulfide) groups is 1. The fourth-order valence-corrected chi connectivity index (χ4v) is 1.89. The largest absolute Gasteiger partial charge is 0.370 e. The van der Waals surface area contributed by atoms with E-state index in [2.05, 4.69) is 10.3 Å². The van der Waals surface area contributed by atoms with Crippen molar-refractivity contribution in [3.05, 3.63) is 34.9 Å². The molecule has 0 aliphatic rings. The number of amidine groups is 1. The second kappa shape index (κ2) is 7.51. The number of carbonyl (C=O) groups excluding carboxylic acids is 2. The van der Waals surface area contributed by atoms with Gasteiger partial charge in [-0.3, -0.25) is 20.3 Å². The third-order valence-electron chi connectivity index (χ3n) is 1.94. The molecule has 20 heavy (non-hydrogen) atoms. The Morgan fingerprint density at radius 2 is 2.00 bits per heavy atom. The van der Waals surface area contributed by atoms with Gasteiger partial charge < -0.3 is 11.5 Å². The zero-order valence-corrected chi connectivity index (χ0v) is 11.8. The summed E-state index contributed by atoms with van der Waals surface area (Å²) in [5, 5.41) is 9.51. The molecule has 0 saturated heterocycles. The first kappa shape index (κ1) is 16.0. The number of imide groups is 1. The Morgan fingerprint density at radius 3 is 2.60 bits per heavy atom. The Kier molecular flexibility index (Phi) is 6.01. The molecule has 9 heteroatoms. The number of nitrogens with zero attached hydrogens (tertiary/aromatic N) is 1. The number of amides is 2. The fraction of sp³-hybridized carbons (Fsp3) is 0.0909. The van der Waals surface area contributed by atoms with Gasteiger partial charge in [0.2, 0.25) is 5.91 Å². The molecule has 7 nitrogen and oxygen atoms in total. The first-order chi connectivity index (χ1) is 9.40. The van der Waals surface area contributed by atoms with E-state index in [1.54, 1.807) is 18.2 Å². The van der Waals surface area contributed by atoms with Gasteiger partial charge in [0, 0.05) is 0 Å². The fourth-order valence-electron chi connectivity index (χ4n) is 1.16. The number of hydrogen-bond donors (Lipinski definition) is 4. The molecule has 0 fully saturated rings. The number of hydrogen-bond acceptors (Lipinski definition) is 4. The number of nitrogens with one attached hydrogen (secondary N) is 2. The second-order valence-corrected chi connectivity index (χ2v) is 4.86. The summed E-state index contributed by atoms with van der Waals surface area (Å²) in [6.45, 7) is 0. The molecule has 0 unspecified atom stereocenters. The lowest BCUT2D eigenvalue weighted by Gasteiger charge is -2.05.